The second-order valence-corrected chi connectivity index (χ2v) is 13.3. The summed E-state index contributed by atoms with van der Waals surface area (Å²) in [6.45, 7) is 16.4. The first kappa shape index (κ1) is 34.7. The summed E-state index contributed by atoms with van der Waals surface area (Å²) < 4.78 is 0. The maximum Gasteiger partial charge on any atom is 0.128 e. The summed E-state index contributed by atoms with van der Waals surface area (Å²) in [6, 6.07) is 11.2. The van der Waals surface area contributed by atoms with Crippen molar-refractivity contribution in [3.8, 4) is 0 Å². The highest BCUT2D eigenvalue weighted by molar-refractivity contribution is 6.30. The van der Waals surface area contributed by atoms with Gasteiger partial charge in [-0.1, -0.05) is 82.6 Å². The van der Waals surface area contributed by atoms with E-state index in [0.29, 0.717) is 18.2 Å². The number of halogens is 2. The lowest BCUT2D eigenvalue weighted by Gasteiger charge is -2.49. The van der Waals surface area contributed by atoms with Crippen LogP contribution in [0.5, 0.6) is 0 Å². The van der Waals surface area contributed by atoms with Crippen molar-refractivity contribution in [1.82, 2.24) is 15.3 Å². The van der Waals surface area contributed by atoms with Crippen molar-refractivity contribution in [2.24, 2.45) is 16.3 Å². The lowest BCUT2D eigenvalue weighted by atomic mass is 9.85. The van der Waals surface area contributed by atoms with Crippen LogP contribution in [0.1, 0.15) is 78.8 Å². The first-order chi connectivity index (χ1) is 18.9. The van der Waals surface area contributed by atoms with Gasteiger partial charge in [0.2, 0.25) is 0 Å². The molecule has 0 spiro atoms. The third-order valence-electron chi connectivity index (χ3n) is 7.59. The van der Waals surface area contributed by atoms with E-state index < -0.39 is 5.66 Å². The van der Waals surface area contributed by atoms with Crippen LogP contribution in [-0.4, -0.2) is 66.1 Å². The predicted molar refractivity (Wildman–Crippen MR) is 174 cm³/mol. The average molecular weight is 592 g/mol. The molecular weight excluding hydrogens is 539 g/mol. The second-order valence-electron chi connectivity index (χ2n) is 12.5. The smallest absolute Gasteiger partial charge is 0.128 e. The molecule has 0 bridgehead atoms. The number of nitrogens with zero attached hydrogens (tertiary/aromatic N) is 3. The molecule has 0 aromatic heterocycles. The first-order valence-corrected chi connectivity index (χ1v) is 15.4. The van der Waals surface area contributed by atoms with Crippen molar-refractivity contribution in [3.63, 3.8) is 0 Å². The summed E-state index contributed by atoms with van der Waals surface area (Å²) >= 11 is 12.8. The molecule has 2 N–H and O–H groups in total. The molecule has 40 heavy (non-hydrogen) atoms. The molecule has 7 heteroatoms. The Kier molecular flexibility index (Phi) is 14.1. The Hall–Kier alpha value is -1.47. The maximum absolute atomic E-state index is 7.00. The van der Waals surface area contributed by atoms with E-state index in [1.807, 2.05) is 0 Å². The molecule has 1 aromatic carbocycles. The first-order valence-electron chi connectivity index (χ1n) is 14.5. The fourth-order valence-electron chi connectivity index (χ4n) is 5.35. The van der Waals surface area contributed by atoms with Crippen molar-refractivity contribution < 1.29 is 5.11 Å². The number of alkyl halides is 1. The van der Waals surface area contributed by atoms with Gasteiger partial charge in [0, 0.05) is 62.3 Å². The molecule has 1 aromatic rings. The molecule has 0 saturated carbocycles. The minimum Gasteiger partial charge on any atom is -0.400 e. The van der Waals surface area contributed by atoms with E-state index in [0.717, 1.165) is 67.9 Å². The number of aliphatic hydroxyl groups excluding tert-OH is 1. The van der Waals surface area contributed by atoms with E-state index in [4.69, 9.17) is 33.3 Å². The van der Waals surface area contributed by atoms with Gasteiger partial charge in [0.05, 0.1) is 0 Å². The van der Waals surface area contributed by atoms with Crippen LogP contribution in [0.3, 0.4) is 0 Å². The number of allylic oxidation sites excluding steroid dienone is 6. The highest BCUT2D eigenvalue weighted by Gasteiger charge is 2.42. The zero-order valence-electron chi connectivity index (χ0n) is 26.0. The minimum absolute atomic E-state index is 0.256. The number of benzene rings is 1. The van der Waals surface area contributed by atoms with Gasteiger partial charge in [-0.3, -0.25) is 15.3 Å². The number of hydrogen-bond acceptors (Lipinski definition) is 5. The monoisotopic (exact) mass is 590 g/mol. The lowest BCUT2D eigenvalue weighted by molar-refractivity contribution is -0.00976. The van der Waals surface area contributed by atoms with Gasteiger partial charge in [-0.25, -0.2) is 5.01 Å². The van der Waals surface area contributed by atoms with Crippen LogP contribution < -0.4 is 5.43 Å². The molecule has 1 aliphatic heterocycles. The Morgan fingerprint density at radius 1 is 1.18 bits per heavy atom. The molecule has 0 radical (unpaired) electrons. The fourth-order valence-corrected chi connectivity index (χ4v) is 5.73. The molecule has 2 atom stereocenters. The van der Waals surface area contributed by atoms with E-state index >= 15 is 0 Å². The van der Waals surface area contributed by atoms with Crippen molar-refractivity contribution in [1.29, 1.82) is 0 Å². The third-order valence-corrected chi connectivity index (χ3v) is 8.16. The van der Waals surface area contributed by atoms with Crippen molar-refractivity contribution >= 4 is 28.9 Å². The molecular formula is C33H52Cl2N4O. The van der Waals surface area contributed by atoms with Gasteiger partial charge >= 0.3 is 0 Å². The van der Waals surface area contributed by atoms with Crippen molar-refractivity contribution in [2.75, 3.05) is 39.7 Å². The number of nitrogens with one attached hydrogen (secondary N) is 1. The molecule has 1 aliphatic carbocycles. The largest absolute Gasteiger partial charge is 0.400 e. The Morgan fingerprint density at radius 2 is 1.85 bits per heavy atom. The van der Waals surface area contributed by atoms with Gasteiger partial charge < -0.3 is 5.11 Å². The summed E-state index contributed by atoms with van der Waals surface area (Å²) in [5, 5.41) is 10.2. The third kappa shape index (κ3) is 10.4. The van der Waals surface area contributed by atoms with Gasteiger partial charge in [0.1, 0.15) is 5.66 Å². The van der Waals surface area contributed by atoms with Gasteiger partial charge in [0.25, 0.3) is 0 Å². The number of hydrazine groups is 1. The molecule has 224 valence electrons. The van der Waals surface area contributed by atoms with Crippen LogP contribution in [0.15, 0.2) is 69.7 Å². The zero-order chi connectivity index (χ0) is 29.9. The maximum atomic E-state index is 7.00. The minimum atomic E-state index is -0.395. The molecule has 1 fully saturated rings. The zero-order valence-corrected chi connectivity index (χ0v) is 27.5. The van der Waals surface area contributed by atoms with Crippen LogP contribution in [0.25, 0.3) is 0 Å². The molecule has 3 rings (SSSR count). The van der Waals surface area contributed by atoms with Crippen molar-refractivity contribution in [2.45, 2.75) is 78.9 Å². The molecule has 5 nitrogen and oxygen atoms in total. The molecule has 0 amide bonds. The number of rotatable bonds is 10. The standard InChI is InChI=1S/C32H48Cl2N4.CH4O/c1-24(2)22-38-18-17-32(23-35-38,36-25(3)28-19-26(21-33)13-14-29(34)20-28)37(7)30(15-16-31(4,5)6)27-11-9-8-10-12-27;1-2/h8-13,19-20,24,30,35H,14-18,21-23H2,1-7H3;2H,1H3/b36-25+;. The Balaban J connectivity index is 0.00000274. The van der Waals surface area contributed by atoms with E-state index in [1.165, 1.54) is 5.56 Å². The Bertz CT molecular complexity index is 1030. The lowest BCUT2D eigenvalue weighted by Crippen LogP contribution is -2.62. The van der Waals surface area contributed by atoms with E-state index in [9.17, 15) is 0 Å². The van der Waals surface area contributed by atoms with E-state index in [1.54, 1.807) is 0 Å². The van der Waals surface area contributed by atoms with Crippen LogP contribution in [0, 0.1) is 11.3 Å². The summed E-state index contributed by atoms with van der Waals surface area (Å²) in [7, 11) is 3.27. The van der Waals surface area contributed by atoms with Crippen LogP contribution in [-0.2, 0) is 0 Å². The number of aliphatic imine (C=N–C) groups is 1. The van der Waals surface area contributed by atoms with Gasteiger partial charge in [0.15, 0.2) is 0 Å². The number of aliphatic hydroxyl groups is 1. The normalized spacial score (nSPS) is 21.7. The molecule has 1 heterocycles. The second kappa shape index (κ2) is 16.2. The highest BCUT2D eigenvalue weighted by Crippen LogP contribution is 2.38. The van der Waals surface area contributed by atoms with Gasteiger partial charge in [-0.05, 0) is 67.0 Å². The Morgan fingerprint density at radius 3 is 2.40 bits per heavy atom. The number of hydrogen-bond donors (Lipinski definition) is 2. The summed E-state index contributed by atoms with van der Waals surface area (Å²) in [4.78, 5) is 8.09. The van der Waals surface area contributed by atoms with Gasteiger partial charge in [-0.15, -0.1) is 11.6 Å². The highest BCUT2D eigenvalue weighted by atomic mass is 35.5. The van der Waals surface area contributed by atoms with Crippen LogP contribution in [0.4, 0.5) is 0 Å². The Labute approximate surface area is 254 Å². The van der Waals surface area contributed by atoms with Crippen LogP contribution >= 0.6 is 23.2 Å². The topological polar surface area (TPSA) is 51.1 Å². The molecule has 1 saturated heterocycles. The predicted octanol–water partition coefficient (Wildman–Crippen LogP) is 7.74. The van der Waals surface area contributed by atoms with E-state index in [-0.39, 0.29) is 11.5 Å². The SMILES string of the molecule is C/C(=N\C1(N(C)C(CCC(C)(C)C)c2ccccc2)CCN(CC(C)C)NC1)C1=CC(CCl)=CCC(Cl)=C1.CO. The number of likely N-dealkylation sites (N-methyl/N-ethyl adjacent to an activating group) is 1. The summed E-state index contributed by atoms with van der Waals surface area (Å²) in [5.74, 6) is 1.07. The summed E-state index contributed by atoms with van der Waals surface area (Å²) in [6.07, 6.45) is 10.2. The average Bonchev–Trinajstić information content (AvgIpc) is 3.12. The van der Waals surface area contributed by atoms with Crippen LogP contribution in [0.2, 0.25) is 0 Å². The molecule has 2 aliphatic rings. The molecule has 2 unspecified atom stereocenters. The van der Waals surface area contributed by atoms with Crippen molar-refractivity contribution in [3.05, 3.63) is 70.3 Å². The summed E-state index contributed by atoms with van der Waals surface area (Å²) in [5.41, 5.74) is 8.08. The fraction of sp³-hybridized carbons (Fsp3) is 0.606. The van der Waals surface area contributed by atoms with Gasteiger partial charge in [-0.2, -0.15) is 0 Å². The quantitative estimate of drug-likeness (QED) is 0.216. The van der Waals surface area contributed by atoms with E-state index in [2.05, 4.69) is 112 Å².